The third kappa shape index (κ3) is 3.83. The van der Waals surface area contributed by atoms with Crippen molar-refractivity contribution in [3.05, 3.63) is 18.3 Å². The van der Waals surface area contributed by atoms with Crippen molar-refractivity contribution in [2.24, 2.45) is 5.92 Å². The molecular formula is C15H24N2O2. The van der Waals surface area contributed by atoms with Crippen LogP contribution in [0, 0.1) is 5.92 Å². The van der Waals surface area contributed by atoms with Gasteiger partial charge in [0.05, 0.1) is 12.2 Å². The second-order valence-corrected chi connectivity index (χ2v) is 5.56. The molecule has 106 valence electrons. The zero-order valence-electron chi connectivity index (χ0n) is 11.9. The van der Waals surface area contributed by atoms with Crippen LogP contribution in [0.15, 0.2) is 18.3 Å². The first-order chi connectivity index (χ1) is 9.13. The summed E-state index contributed by atoms with van der Waals surface area (Å²) in [7, 11) is 0. The average Bonchev–Trinajstić information content (AvgIpc) is 2.38. The molecule has 1 aliphatic rings. The van der Waals surface area contributed by atoms with Crippen molar-refractivity contribution >= 4 is 5.82 Å². The fraction of sp³-hybridized carbons (Fsp3) is 0.667. The van der Waals surface area contributed by atoms with Crippen LogP contribution < -0.4 is 10.1 Å². The monoisotopic (exact) mass is 264 g/mol. The SMILES string of the molecule is CCOc1cccnc1NCC1(O)CCCC(C)C1. The van der Waals surface area contributed by atoms with E-state index in [2.05, 4.69) is 17.2 Å². The van der Waals surface area contributed by atoms with E-state index >= 15 is 0 Å². The summed E-state index contributed by atoms with van der Waals surface area (Å²) in [6.07, 6.45) is 5.77. The minimum absolute atomic E-state index is 0.536. The first-order valence-electron chi connectivity index (χ1n) is 7.17. The smallest absolute Gasteiger partial charge is 0.168 e. The molecule has 1 aromatic heterocycles. The predicted octanol–water partition coefficient (Wildman–Crippen LogP) is 2.83. The molecule has 4 nitrogen and oxygen atoms in total. The standard InChI is InChI=1S/C15H24N2O2/c1-3-19-13-7-5-9-16-14(13)17-11-15(18)8-4-6-12(2)10-15/h5,7,9,12,18H,3-4,6,8,10-11H2,1-2H3,(H,16,17). The number of ether oxygens (including phenoxy) is 1. The zero-order valence-corrected chi connectivity index (χ0v) is 11.9. The Morgan fingerprint density at radius 3 is 3.16 bits per heavy atom. The van der Waals surface area contributed by atoms with Gasteiger partial charge in [-0.15, -0.1) is 0 Å². The average molecular weight is 264 g/mol. The summed E-state index contributed by atoms with van der Waals surface area (Å²) in [4.78, 5) is 4.28. The second kappa shape index (κ2) is 6.24. The highest BCUT2D eigenvalue weighted by Gasteiger charge is 2.32. The van der Waals surface area contributed by atoms with Crippen LogP contribution in [0.3, 0.4) is 0 Å². The van der Waals surface area contributed by atoms with Crippen LogP contribution in [-0.4, -0.2) is 28.8 Å². The molecule has 0 radical (unpaired) electrons. The van der Waals surface area contributed by atoms with Crippen molar-refractivity contribution in [2.45, 2.75) is 45.1 Å². The van der Waals surface area contributed by atoms with E-state index in [9.17, 15) is 5.11 Å². The lowest BCUT2D eigenvalue weighted by molar-refractivity contribution is -0.000856. The highest BCUT2D eigenvalue weighted by Crippen LogP contribution is 2.33. The Morgan fingerprint density at radius 2 is 2.42 bits per heavy atom. The summed E-state index contributed by atoms with van der Waals surface area (Å²) in [6.45, 7) is 5.31. The fourth-order valence-electron chi connectivity index (χ4n) is 2.84. The van der Waals surface area contributed by atoms with E-state index in [0.717, 1.165) is 30.8 Å². The second-order valence-electron chi connectivity index (χ2n) is 5.56. The molecule has 1 aliphatic carbocycles. The van der Waals surface area contributed by atoms with Gasteiger partial charge in [-0.1, -0.05) is 19.8 Å². The molecule has 0 aromatic carbocycles. The van der Waals surface area contributed by atoms with Gasteiger partial charge in [0.2, 0.25) is 0 Å². The Hall–Kier alpha value is -1.29. The molecule has 2 atom stereocenters. The molecular weight excluding hydrogens is 240 g/mol. The number of aromatic nitrogens is 1. The highest BCUT2D eigenvalue weighted by atomic mass is 16.5. The quantitative estimate of drug-likeness (QED) is 0.858. The van der Waals surface area contributed by atoms with Gasteiger partial charge in [-0.25, -0.2) is 4.98 Å². The van der Waals surface area contributed by atoms with E-state index in [1.807, 2.05) is 19.1 Å². The molecule has 0 bridgehead atoms. The van der Waals surface area contributed by atoms with E-state index in [0.29, 0.717) is 19.1 Å². The molecule has 0 saturated heterocycles. The van der Waals surface area contributed by atoms with Crippen molar-refractivity contribution in [1.29, 1.82) is 0 Å². The van der Waals surface area contributed by atoms with Gasteiger partial charge in [-0.2, -0.15) is 0 Å². The van der Waals surface area contributed by atoms with Crippen LogP contribution in [0.25, 0.3) is 0 Å². The molecule has 0 spiro atoms. The normalized spacial score (nSPS) is 27.0. The maximum absolute atomic E-state index is 10.6. The summed E-state index contributed by atoms with van der Waals surface area (Å²) in [5.41, 5.74) is -0.612. The largest absolute Gasteiger partial charge is 0.490 e. The molecule has 1 fully saturated rings. The molecule has 2 unspecified atom stereocenters. The van der Waals surface area contributed by atoms with Crippen molar-refractivity contribution < 1.29 is 9.84 Å². The molecule has 2 rings (SSSR count). The number of rotatable bonds is 5. The number of hydrogen-bond acceptors (Lipinski definition) is 4. The maximum atomic E-state index is 10.6. The first-order valence-corrected chi connectivity index (χ1v) is 7.17. The van der Waals surface area contributed by atoms with Gasteiger partial charge in [0.1, 0.15) is 0 Å². The summed E-state index contributed by atoms with van der Waals surface area (Å²) >= 11 is 0. The van der Waals surface area contributed by atoms with Crippen molar-refractivity contribution in [2.75, 3.05) is 18.5 Å². The Morgan fingerprint density at radius 1 is 1.58 bits per heavy atom. The van der Waals surface area contributed by atoms with Gasteiger partial charge >= 0.3 is 0 Å². The highest BCUT2D eigenvalue weighted by molar-refractivity contribution is 5.49. The molecule has 0 aliphatic heterocycles. The number of nitrogens with one attached hydrogen (secondary N) is 1. The number of hydrogen-bond donors (Lipinski definition) is 2. The Labute approximate surface area is 115 Å². The third-order valence-electron chi connectivity index (χ3n) is 3.72. The van der Waals surface area contributed by atoms with Crippen LogP contribution in [-0.2, 0) is 0 Å². The van der Waals surface area contributed by atoms with Gasteiger partial charge in [-0.05, 0) is 37.8 Å². The van der Waals surface area contributed by atoms with Crippen LogP contribution in [0.1, 0.15) is 39.5 Å². The fourth-order valence-corrected chi connectivity index (χ4v) is 2.84. The van der Waals surface area contributed by atoms with E-state index in [1.165, 1.54) is 6.42 Å². The van der Waals surface area contributed by atoms with Crippen molar-refractivity contribution in [3.8, 4) is 5.75 Å². The summed E-state index contributed by atoms with van der Waals surface area (Å²) in [5.74, 6) is 2.06. The third-order valence-corrected chi connectivity index (χ3v) is 3.72. The Balaban J connectivity index is 1.98. The van der Waals surface area contributed by atoms with Crippen LogP contribution in [0.2, 0.25) is 0 Å². The lowest BCUT2D eigenvalue weighted by atomic mass is 9.79. The van der Waals surface area contributed by atoms with E-state index < -0.39 is 5.60 Å². The number of nitrogens with zero attached hydrogens (tertiary/aromatic N) is 1. The molecule has 1 saturated carbocycles. The number of pyridine rings is 1. The molecule has 4 heteroatoms. The summed E-state index contributed by atoms with van der Waals surface area (Å²) in [5, 5.41) is 13.8. The zero-order chi connectivity index (χ0) is 13.7. The van der Waals surface area contributed by atoms with Crippen LogP contribution >= 0.6 is 0 Å². The predicted molar refractivity (Wildman–Crippen MR) is 76.5 cm³/mol. The molecule has 0 amide bonds. The Bertz CT molecular complexity index is 411. The Kier molecular flexibility index (Phi) is 4.64. The molecule has 1 heterocycles. The topological polar surface area (TPSA) is 54.4 Å². The van der Waals surface area contributed by atoms with E-state index in [1.54, 1.807) is 6.20 Å². The molecule has 2 N–H and O–H groups in total. The number of anilines is 1. The van der Waals surface area contributed by atoms with Crippen LogP contribution in [0.4, 0.5) is 5.82 Å². The summed E-state index contributed by atoms with van der Waals surface area (Å²) < 4.78 is 5.52. The lowest BCUT2D eigenvalue weighted by Gasteiger charge is -2.35. The van der Waals surface area contributed by atoms with Gasteiger partial charge in [0.15, 0.2) is 11.6 Å². The van der Waals surface area contributed by atoms with Gasteiger partial charge in [0, 0.05) is 12.7 Å². The minimum Gasteiger partial charge on any atom is -0.490 e. The van der Waals surface area contributed by atoms with Gasteiger partial charge in [-0.3, -0.25) is 0 Å². The van der Waals surface area contributed by atoms with Crippen molar-refractivity contribution in [3.63, 3.8) is 0 Å². The van der Waals surface area contributed by atoms with Crippen LogP contribution in [0.5, 0.6) is 5.75 Å². The van der Waals surface area contributed by atoms with Gasteiger partial charge < -0.3 is 15.2 Å². The summed E-state index contributed by atoms with van der Waals surface area (Å²) in [6, 6.07) is 3.75. The maximum Gasteiger partial charge on any atom is 0.168 e. The lowest BCUT2D eigenvalue weighted by Crippen LogP contribution is -2.41. The minimum atomic E-state index is -0.612. The number of aliphatic hydroxyl groups is 1. The van der Waals surface area contributed by atoms with E-state index in [-0.39, 0.29) is 0 Å². The van der Waals surface area contributed by atoms with Gasteiger partial charge in [0.25, 0.3) is 0 Å². The van der Waals surface area contributed by atoms with Crippen molar-refractivity contribution in [1.82, 2.24) is 4.98 Å². The molecule has 19 heavy (non-hydrogen) atoms. The first kappa shape index (κ1) is 14.1. The molecule has 1 aromatic rings. The van der Waals surface area contributed by atoms with E-state index in [4.69, 9.17) is 4.74 Å².